The molecule has 0 aliphatic rings. The van der Waals surface area contributed by atoms with E-state index < -0.39 is 0 Å². The number of halogens is 1. The molecule has 0 bridgehead atoms. The third-order valence-corrected chi connectivity index (χ3v) is 3.84. The maximum atomic E-state index is 8.03. The molecule has 0 aromatic carbocycles. The van der Waals surface area contributed by atoms with Crippen molar-refractivity contribution in [2.45, 2.75) is 6.92 Å². The van der Waals surface area contributed by atoms with Crippen molar-refractivity contribution in [3.63, 3.8) is 0 Å². The number of amidine groups is 1. The molecule has 0 unspecified atom stereocenters. The Morgan fingerprint density at radius 1 is 1.39 bits per heavy atom. The van der Waals surface area contributed by atoms with Crippen LogP contribution in [0.2, 0.25) is 0 Å². The van der Waals surface area contributed by atoms with Crippen molar-refractivity contribution in [2.24, 2.45) is 12.0 Å². The number of pyridine rings is 1. The summed E-state index contributed by atoms with van der Waals surface area (Å²) in [6, 6.07) is 3.86. The maximum absolute atomic E-state index is 8.03. The minimum absolute atomic E-state index is 0.0134. The van der Waals surface area contributed by atoms with Crippen LogP contribution in [0.5, 0.6) is 0 Å². The number of nitrogens with one attached hydrogen (secondary N) is 2. The predicted octanol–water partition coefficient (Wildman–Crippen LogP) is 3.13. The fourth-order valence-electron chi connectivity index (χ4n) is 2.33. The lowest BCUT2D eigenvalue weighted by molar-refractivity contribution is 0.893. The Bertz CT molecular complexity index is 875. The van der Waals surface area contributed by atoms with Crippen molar-refractivity contribution >= 4 is 22.6 Å². The summed E-state index contributed by atoms with van der Waals surface area (Å²) in [5.74, 6) is 0.472. The zero-order valence-corrected chi connectivity index (χ0v) is 13.5. The van der Waals surface area contributed by atoms with Gasteiger partial charge in [-0.15, -0.1) is 0 Å². The van der Waals surface area contributed by atoms with E-state index in [1.807, 2.05) is 25.3 Å². The van der Waals surface area contributed by atoms with Crippen LogP contribution in [-0.2, 0) is 7.05 Å². The lowest BCUT2D eigenvalue weighted by atomic mass is 10.1. The molecule has 0 saturated heterocycles. The van der Waals surface area contributed by atoms with Gasteiger partial charge in [-0.2, -0.15) is 0 Å². The van der Waals surface area contributed by atoms with Crippen LogP contribution in [-0.4, -0.2) is 30.5 Å². The van der Waals surface area contributed by atoms with Crippen LogP contribution in [0.3, 0.4) is 0 Å². The summed E-state index contributed by atoms with van der Waals surface area (Å²) in [4.78, 5) is 15.5. The van der Waals surface area contributed by atoms with E-state index in [1.54, 1.807) is 36.4 Å². The normalized spacial score (nSPS) is 11.7. The predicted molar refractivity (Wildman–Crippen MR) is 91.2 cm³/mol. The highest BCUT2D eigenvalue weighted by Crippen LogP contribution is 2.26. The van der Waals surface area contributed by atoms with Crippen LogP contribution in [0.4, 0.5) is 0 Å². The first-order valence-corrected chi connectivity index (χ1v) is 7.35. The maximum Gasteiger partial charge on any atom is 0.189 e. The second kappa shape index (κ2) is 6.18. The van der Waals surface area contributed by atoms with Gasteiger partial charge < -0.3 is 9.55 Å². The second-order valence-electron chi connectivity index (χ2n) is 5.06. The Morgan fingerprint density at radius 3 is 2.87 bits per heavy atom. The minimum Gasteiger partial charge on any atom is -0.358 e. The lowest BCUT2D eigenvalue weighted by Gasteiger charge is -2.02. The van der Waals surface area contributed by atoms with E-state index in [-0.39, 0.29) is 11.0 Å². The minimum atomic E-state index is 0.0134. The molecule has 2 N–H and O–H groups in total. The average Bonchev–Trinajstić information content (AvgIpc) is 3.14. The van der Waals surface area contributed by atoms with E-state index >= 15 is 0 Å². The first-order valence-electron chi connectivity index (χ1n) is 6.97. The molecule has 116 valence electrons. The van der Waals surface area contributed by atoms with Gasteiger partial charge in [-0.3, -0.25) is 10.4 Å². The number of H-pyrrole nitrogens is 1. The third kappa shape index (κ3) is 2.93. The quantitative estimate of drug-likeness (QED) is 0.572. The molecule has 0 amide bonds. The number of aromatic nitrogens is 4. The van der Waals surface area contributed by atoms with Crippen molar-refractivity contribution in [2.75, 3.05) is 0 Å². The van der Waals surface area contributed by atoms with Gasteiger partial charge in [-0.1, -0.05) is 17.7 Å². The van der Waals surface area contributed by atoms with Gasteiger partial charge >= 0.3 is 0 Å². The zero-order valence-electron chi connectivity index (χ0n) is 12.7. The number of aromatic amines is 1. The van der Waals surface area contributed by atoms with E-state index in [0.29, 0.717) is 11.5 Å². The van der Waals surface area contributed by atoms with Gasteiger partial charge in [0.25, 0.3) is 0 Å². The summed E-state index contributed by atoms with van der Waals surface area (Å²) < 4.78 is 1.72. The summed E-state index contributed by atoms with van der Waals surface area (Å²) in [5, 5.41) is 8.26. The van der Waals surface area contributed by atoms with Crippen molar-refractivity contribution in [3.8, 4) is 11.1 Å². The standard InChI is InChI=1S/C16H15ClN6/c1-10-12(11-4-3-5-19-8-11)9-21-13(10)14(17)22-15(18)16-20-6-7-23(16)2/h3-9,18,21H,1-2H3. The fourth-order valence-corrected chi connectivity index (χ4v) is 2.61. The molecular weight excluding hydrogens is 312 g/mol. The molecule has 6 nitrogen and oxygen atoms in total. The molecular formula is C16H15ClN6. The molecule has 0 atom stereocenters. The molecule has 3 aromatic rings. The van der Waals surface area contributed by atoms with Crippen LogP contribution in [0.25, 0.3) is 11.1 Å². The molecule has 0 radical (unpaired) electrons. The molecule has 0 aliphatic carbocycles. The van der Waals surface area contributed by atoms with E-state index in [1.165, 1.54) is 0 Å². The Morgan fingerprint density at radius 2 is 2.22 bits per heavy atom. The molecule has 0 fully saturated rings. The van der Waals surface area contributed by atoms with Gasteiger partial charge in [0.2, 0.25) is 0 Å². The fraction of sp³-hybridized carbons (Fsp3) is 0.125. The average molecular weight is 327 g/mol. The summed E-state index contributed by atoms with van der Waals surface area (Å²) in [6.07, 6.45) is 8.77. The summed E-state index contributed by atoms with van der Waals surface area (Å²) in [6.45, 7) is 1.95. The number of rotatable bonds is 3. The number of hydrogen-bond donors (Lipinski definition) is 2. The third-order valence-electron chi connectivity index (χ3n) is 3.56. The lowest BCUT2D eigenvalue weighted by Crippen LogP contribution is -2.07. The van der Waals surface area contributed by atoms with Crippen molar-refractivity contribution in [1.29, 1.82) is 5.41 Å². The van der Waals surface area contributed by atoms with E-state index in [4.69, 9.17) is 17.0 Å². The van der Waals surface area contributed by atoms with Crippen LogP contribution < -0.4 is 0 Å². The number of imidazole rings is 1. The Balaban J connectivity index is 1.93. The van der Waals surface area contributed by atoms with Gasteiger partial charge in [-0.05, 0) is 18.6 Å². The van der Waals surface area contributed by atoms with Gasteiger partial charge in [0.15, 0.2) is 16.8 Å². The number of aliphatic imine (C=N–C) groups is 1. The smallest absolute Gasteiger partial charge is 0.189 e. The monoisotopic (exact) mass is 326 g/mol. The SMILES string of the molecule is Cc1c(-c2cccnc2)c[nH]c1C(Cl)=NC(=N)c1nccn1C. The summed E-state index contributed by atoms with van der Waals surface area (Å²) >= 11 is 6.30. The molecule has 7 heteroatoms. The van der Waals surface area contributed by atoms with Gasteiger partial charge in [-0.25, -0.2) is 9.98 Å². The first-order chi connectivity index (χ1) is 11.1. The molecule has 3 heterocycles. The highest BCUT2D eigenvalue weighted by Gasteiger charge is 2.14. The molecule has 3 rings (SSSR count). The van der Waals surface area contributed by atoms with Crippen molar-refractivity contribution in [3.05, 3.63) is 60.2 Å². The Hall–Kier alpha value is -2.73. The van der Waals surface area contributed by atoms with Gasteiger partial charge in [0.1, 0.15) is 0 Å². The summed E-state index contributed by atoms with van der Waals surface area (Å²) in [7, 11) is 1.81. The highest BCUT2D eigenvalue weighted by atomic mass is 35.5. The molecule has 3 aromatic heterocycles. The molecule has 0 saturated carbocycles. The van der Waals surface area contributed by atoms with Gasteiger partial charge in [0.05, 0.1) is 5.69 Å². The number of nitrogens with zero attached hydrogens (tertiary/aromatic N) is 4. The van der Waals surface area contributed by atoms with Crippen LogP contribution in [0, 0.1) is 12.3 Å². The van der Waals surface area contributed by atoms with Crippen LogP contribution in [0.15, 0.2) is 48.1 Å². The van der Waals surface area contributed by atoms with E-state index in [2.05, 4.69) is 19.9 Å². The zero-order chi connectivity index (χ0) is 16.4. The van der Waals surface area contributed by atoms with Crippen LogP contribution >= 0.6 is 11.6 Å². The topological polar surface area (TPSA) is 82.7 Å². The van der Waals surface area contributed by atoms with E-state index in [0.717, 1.165) is 16.7 Å². The second-order valence-corrected chi connectivity index (χ2v) is 5.42. The van der Waals surface area contributed by atoms with Crippen LogP contribution in [0.1, 0.15) is 17.1 Å². The number of aryl methyl sites for hydroxylation is 1. The first kappa shape index (κ1) is 15.2. The largest absolute Gasteiger partial charge is 0.358 e. The van der Waals surface area contributed by atoms with Crippen molar-refractivity contribution < 1.29 is 0 Å². The molecule has 23 heavy (non-hydrogen) atoms. The number of hydrogen-bond acceptors (Lipinski definition) is 3. The Kier molecular flexibility index (Phi) is 4.08. The molecule has 0 aliphatic heterocycles. The van der Waals surface area contributed by atoms with Gasteiger partial charge in [0, 0.05) is 49.2 Å². The Labute approximate surface area is 138 Å². The summed E-state index contributed by atoms with van der Waals surface area (Å²) in [5.41, 5.74) is 3.64. The van der Waals surface area contributed by atoms with Crippen molar-refractivity contribution in [1.82, 2.24) is 19.5 Å². The van der Waals surface area contributed by atoms with E-state index in [9.17, 15) is 0 Å². The molecule has 0 spiro atoms. The highest BCUT2D eigenvalue weighted by molar-refractivity contribution is 6.70.